The second-order valence-corrected chi connectivity index (χ2v) is 3.93. The number of hydrogen-bond acceptors (Lipinski definition) is 1. The Morgan fingerprint density at radius 3 is 2.42 bits per heavy atom. The lowest BCUT2D eigenvalue weighted by molar-refractivity contribution is 0.0623. The molecule has 1 heteroatoms. The van der Waals surface area contributed by atoms with Crippen molar-refractivity contribution in [2.45, 2.75) is 52.6 Å². The highest BCUT2D eigenvalue weighted by atomic mass is 16.3. The number of unbranched alkanes of at least 4 members (excludes halogenated alkanes) is 2. The van der Waals surface area contributed by atoms with E-state index in [9.17, 15) is 5.11 Å². The third-order valence-electron chi connectivity index (χ3n) is 2.35. The van der Waals surface area contributed by atoms with Gasteiger partial charge in [0.05, 0.1) is 5.60 Å². The fourth-order valence-corrected chi connectivity index (χ4v) is 0.836. The summed E-state index contributed by atoms with van der Waals surface area (Å²) >= 11 is 0. The van der Waals surface area contributed by atoms with Crippen LogP contribution in [0.25, 0.3) is 0 Å². The van der Waals surface area contributed by atoms with Gasteiger partial charge < -0.3 is 5.11 Å². The minimum Gasteiger partial charge on any atom is -0.386 e. The molecule has 1 atom stereocenters. The van der Waals surface area contributed by atoms with E-state index in [0.29, 0.717) is 0 Å². The van der Waals surface area contributed by atoms with E-state index in [2.05, 4.69) is 13.0 Å². The van der Waals surface area contributed by atoms with Crippen LogP contribution < -0.4 is 0 Å². The molecular weight excluding hydrogens is 148 g/mol. The molecule has 0 aromatic carbocycles. The fourth-order valence-electron chi connectivity index (χ4n) is 0.836. The Bertz CT molecular complexity index is 134. The molecule has 0 aromatic rings. The summed E-state index contributed by atoms with van der Waals surface area (Å²) in [5.74, 6) is 0.287. The number of allylic oxidation sites excluding steroid dienone is 1. The van der Waals surface area contributed by atoms with E-state index in [-0.39, 0.29) is 5.92 Å². The Morgan fingerprint density at radius 2 is 2.00 bits per heavy atom. The van der Waals surface area contributed by atoms with E-state index in [0.717, 1.165) is 6.42 Å². The van der Waals surface area contributed by atoms with Gasteiger partial charge in [-0.25, -0.2) is 0 Å². The summed E-state index contributed by atoms with van der Waals surface area (Å²) in [5.41, 5.74) is -0.631. The maximum atomic E-state index is 9.80. The molecule has 0 saturated carbocycles. The third kappa shape index (κ3) is 4.55. The third-order valence-corrected chi connectivity index (χ3v) is 2.35. The number of aliphatic hydroxyl groups is 1. The molecule has 0 aromatic heterocycles. The van der Waals surface area contributed by atoms with Crippen molar-refractivity contribution >= 4 is 0 Å². The lowest BCUT2D eigenvalue weighted by Gasteiger charge is -2.23. The molecule has 0 radical (unpaired) electrons. The molecular formula is C11H22O. The lowest BCUT2D eigenvalue weighted by Crippen LogP contribution is -2.27. The molecule has 0 bridgehead atoms. The van der Waals surface area contributed by atoms with Gasteiger partial charge in [0.15, 0.2) is 0 Å². The van der Waals surface area contributed by atoms with E-state index >= 15 is 0 Å². The van der Waals surface area contributed by atoms with Crippen LogP contribution in [0.2, 0.25) is 0 Å². The van der Waals surface area contributed by atoms with Gasteiger partial charge in [-0.05, 0) is 19.3 Å². The molecule has 0 aliphatic carbocycles. The largest absolute Gasteiger partial charge is 0.386 e. The Labute approximate surface area is 76.5 Å². The Hall–Kier alpha value is -0.300. The smallest absolute Gasteiger partial charge is 0.0822 e. The first-order chi connectivity index (χ1) is 5.50. The first-order valence-electron chi connectivity index (χ1n) is 4.90. The molecule has 1 N–H and O–H groups in total. The summed E-state index contributed by atoms with van der Waals surface area (Å²) in [5, 5.41) is 9.80. The highest BCUT2D eigenvalue weighted by Crippen LogP contribution is 2.17. The van der Waals surface area contributed by atoms with Crippen molar-refractivity contribution in [2.24, 2.45) is 5.92 Å². The molecule has 0 fully saturated rings. The minimum atomic E-state index is -0.631. The SMILES string of the molecule is CCCC/C=C/C(C)(O)C(C)C. The van der Waals surface area contributed by atoms with Crippen LogP contribution in [0, 0.1) is 5.92 Å². The van der Waals surface area contributed by atoms with Gasteiger partial charge >= 0.3 is 0 Å². The van der Waals surface area contributed by atoms with Crippen LogP contribution in [0.1, 0.15) is 47.0 Å². The van der Waals surface area contributed by atoms with Crippen molar-refractivity contribution < 1.29 is 5.11 Å². The molecule has 0 heterocycles. The summed E-state index contributed by atoms with van der Waals surface area (Å²) in [7, 11) is 0. The Morgan fingerprint density at radius 1 is 1.42 bits per heavy atom. The average Bonchev–Trinajstić information content (AvgIpc) is 1.98. The number of rotatable bonds is 5. The molecule has 72 valence electrons. The molecule has 0 saturated heterocycles. The zero-order chi connectivity index (χ0) is 9.61. The normalized spacial score (nSPS) is 17.2. The van der Waals surface area contributed by atoms with E-state index in [1.807, 2.05) is 26.8 Å². The van der Waals surface area contributed by atoms with Gasteiger partial charge in [-0.1, -0.05) is 45.8 Å². The molecule has 0 spiro atoms. The second kappa shape index (κ2) is 5.36. The highest BCUT2D eigenvalue weighted by Gasteiger charge is 2.20. The van der Waals surface area contributed by atoms with E-state index in [1.54, 1.807) is 0 Å². The monoisotopic (exact) mass is 170 g/mol. The van der Waals surface area contributed by atoms with Crippen molar-refractivity contribution in [1.82, 2.24) is 0 Å². The van der Waals surface area contributed by atoms with E-state index < -0.39 is 5.60 Å². The maximum absolute atomic E-state index is 9.80. The molecule has 0 rings (SSSR count). The van der Waals surface area contributed by atoms with Gasteiger partial charge in [-0.15, -0.1) is 0 Å². The van der Waals surface area contributed by atoms with Gasteiger partial charge in [0, 0.05) is 0 Å². The maximum Gasteiger partial charge on any atom is 0.0822 e. The summed E-state index contributed by atoms with van der Waals surface area (Å²) in [6.45, 7) is 8.10. The van der Waals surface area contributed by atoms with Crippen LogP contribution in [-0.2, 0) is 0 Å². The van der Waals surface area contributed by atoms with Crippen molar-refractivity contribution in [3.05, 3.63) is 12.2 Å². The van der Waals surface area contributed by atoms with E-state index in [4.69, 9.17) is 0 Å². The van der Waals surface area contributed by atoms with Crippen LogP contribution in [-0.4, -0.2) is 10.7 Å². The summed E-state index contributed by atoms with van der Waals surface area (Å²) in [6.07, 6.45) is 7.52. The Balaban J connectivity index is 3.80. The van der Waals surface area contributed by atoms with Crippen molar-refractivity contribution in [3.63, 3.8) is 0 Å². The first kappa shape index (κ1) is 11.7. The number of hydrogen-bond donors (Lipinski definition) is 1. The van der Waals surface area contributed by atoms with Crippen molar-refractivity contribution in [1.29, 1.82) is 0 Å². The lowest BCUT2D eigenvalue weighted by atomic mass is 9.92. The zero-order valence-electron chi connectivity index (χ0n) is 8.80. The quantitative estimate of drug-likeness (QED) is 0.496. The summed E-state index contributed by atoms with van der Waals surface area (Å²) in [4.78, 5) is 0. The zero-order valence-corrected chi connectivity index (χ0v) is 8.80. The van der Waals surface area contributed by atoms with Crippen molar-refractivity contribution in [3.8, 4) is 0 Å². The van der Waals surface area contributed by atoms with Crippen LogP contribution >= 0.6 is 0 Å². The summed E-state index contributed by atoms with van der Waals surface area (Å²) in [6, 6.07) is 0. The minimum absolute atomic E-state index is 0.287. The van der Waals surface area contributed by atoms with Gasteiger partial charge in [0.1, 0.15) is 0 Å². The van der Waals surface area contributed by atoms with Gasteiger partial charge in [-0.3, -0.25) is 0 Å². The Kier molecular flexibility index (Phi) is 5.23. The van der Waals surface area contributed by atoms with Gasteiger partial charge in [0.25, 0.3) is 0 Å². The van der Waals surface area contributed by atoms with E-state index in [1.165, 1.54) is 12.8 Å². The molecule has 0 aliphatic rings. The van der Waals surface area contributed by atoms with Crippen molar-refractivity contribution in [2.75, 3.05) is 0 Å². The second-order valence-electron chi connectivity index (χ2n) is 3.93. The topological polar surface area (TPSA) is 20.2 Å². The first-order valence-corrected chi connectivity index (χ1v) is 4.90. The molecule has 12 heavy (non-hydrogen) atoms. The fraction of sp³-hybridized carbons (Fsp3) is 0.818. The van der Waals surface area contributed by atoms with Gasteiger partial charge in [-0.2, -0.15) is 0 Å². The van der Waals surface area contributed by atoms with Crippen LogP contribution in [0.3, 0.4) is 0 Å². The predicted octanol–water partition coefficient (Wildman–Crippen LogP) is 3.14. The molecule has 0 amide bonds. The highest BCUT2D eigenvalue weighted by molar-refractivity contribution is 4.99. The predicted molar refractivity (Wildman–Crippen MR) is 54.1 cm³/mol. The molecule has 1 unspecified atom stereocenters. The van der Waals surface area contributed by atoms with Crippen LogP contribution in [0.4, 0.5) is 0 Å². The molecule has 0 aliphatic heterocycles. The van der Waals surface area contributed by atoms with Crippen LogP contribution in [0.5, 0.6) is 0 Å². The standard InChI is InChI=1S/C11H22O/c1-5-6-7-8-9-11(4,12)10(2)3/h8-10,12H,5-7H2,1-4H3/b9-8+. The summed E-state index contributed by atoms with van der Waals surface area (Å²) < 4.78 is 0. The van der Waals surface area contributed by atoms with Crippen LogP contribution in [0.15, 0.2) is 12.2 Å². The molecule has 1 nitrogen and oxygen atoms in total. The van der Waals surface area contributed by atoms with Gasteiger partial charge in [0.2, 0.25) is 0 Å². The average molecular weight is 170 g/mol.